The zero-order valence-electron chi connectivity index (χ0n) is 13.1. The van der Waals surface area contributed by atoms with Crippen molar-refractivity contribution in [3.8, 4) is 5.75 Å². The zero-order chi connectivity index (χ0) is 15.2. The van der Waals surface area contributed by atoms with E-state index in [9.17, 15) is 10.1 Å². The Morgan fingerprint density at radius 2 is 2.27 bits per heavy atom. The van der Waals surface area contributed by atoms with E-state index in [1.165, 1.54) is 20.0 Å². The van der Waals surface area contributed by atoms with Crippen molar-refractivity contribution < 1.29 is 9.66 Å². The molecule has 1 unspecified atom stereocenters. The molecular formula is C15H24ClN3O3. The number of piperidine rings is 1. The zero-order valence-corrected chi connectivity index (χ0v) is 13.9. The lowest BCUT2D eigenvalue weighted by atomic mass is 9.97. The maximum absolute atomic E-state index is 11.1. The van der Waals surface area contributed by atoms with Crippen LogP contribution in [-0.2, 0) is 6.54 Å². The number of methoxy groups -OCH3 is 1. The average molecular weight is 330 g/mol. The van der Waals surface area contributed by atoms with E-state index in [-0.39, 0.29) is 23.0 Å². The highest BCUT2D eigenvalue weighted by Crippen LogP contribution is 2.28. The number of nitro benzene ring substituents is 1. The summed E-state index contributed by atoms with van der Waals surface area (Å²) in [4.78, 5) is 13.1. The van der Waals surface area contributed by atoms with Crippen LogP contribution in [0.3, 0.4) is 0 Å². The molecule has 1 aliphatic rings. The molecular weight excluding hydrogens is 306 g/mol. The van der Waals surface area contributed by atoms with Crippen molar-refractivity contribution in [2.24, 2.45) is 5.92 Å². The number of likely N-dealkylation sites (tertiary alicyclic amines) is 1. The smallest absolute Gasteiger partial charge is 0.311 e. The summed E-state index contributed by atoms with van der Waals surface area (Å²) in [6, 6.07) is 5.22. The molecule has 6 nitrogen and oxygen atoms in total. The lowest BCUT2D eigenvalue weighted by Gasteiger charge is -2.32. The summed E-state index contributed by atoms with van der Waals surface area (Å²) in [5, 5.41) is 14.3. The highest BCUT2D eigenvalue weighted by atomic mass is 35.5. The molecule has 0 spiro atoms. The Hall–Kier alpha value is -1.37. The fraction of sp³-hybridized carbons (Fsp3) is 0.600. The van der Waals surface area contributed by atoms with Crippen LogP contribution in [0.2, 0.25) is 0 Å². The summed E-state index contributed by atoms with van der Waals surface area (Å²) in [5.74, 6) is 0.979. The van der Waals surface area contributed by atoms with Gasteiger partial charge in [0.1, 0.15) is 0 Å². The molecule has 1 aromatic rings. The summed E-state index contributed by atoms with van der Waals surface area (Å²) in [6.07, 6.45) is 2.44. The van der Waals surface area contributed by atoms with Gasteiger partial charge in [-0.3, -0.25) is 15.0 Å². The monoisotopic (exact) mass is 329 g/mol. The molecule has 1 fully saturated rings. The van der Waals surface area contributed by atoms with E-state index in [4.69, 9.17) is 4.74 Å². The van der Waals surface area contributed by atoms with E-state index >= 15 is 0 Å². The summed E-state index contributed by atoms with van der Waals surface area (Å²) in [7, 11) is 3.43. The van der Waals surface area contributed by atoms with Gasteiger partial charge in [-0.25, -0.2) is 0 Å². The fourth-order valence-electron chi connectivity index (χ4n) is 2.98. The average Bonchev–Trinajstić information content (AvgIpc) is 2.48. The van der Waals surface area contributed by atoms with E-state index in [2.05, 4.69) is 10.2 Å². The van der Waals surface area contributed by atoms with Gasteiger partial charge in [0.25, 0.3) is 0 Å². The number of nitrogens with one attached hydrogen (secondary N) is 1. The predicted molar refractivity (Wildman–Crippen MR) is 88.8 cm³/mol. The number of hydrogen-bond acceptors (Lipinski definition) is 5. The molecule has 1 atom stereocenters. The van der Waals surface area contributed by atoms with Crippen LogP contribution >= 0.6 is 12.4 Å². The molecule has 1 saturated heterocycles. The Balaban J connectivity index is 0.00000242. The first-order chi connectivity index (χ1) is 10.1. The first-order valence-electron chi connectivity index (χ1n) is 7.32. The molecule has 22 heavy (non-hydrogen) atoms. The van der Waals surface area contributed by atoms with E-state index < -0.39 is 0 Å². The van der Waals surface area contributed by atoms with Crippen molar-refractivity contribution in [1.29, 1.82) is 0 Å². The maximum Gasteiger partial charge on any atom is 0.311 e. The standard InChI is InChI=1S/C15H23N3O3.ClH/c1-16-9-13-4-3-7-17(11-13)10-12-5-6-15(21-2)14(8-12)18(19)20;/h5-6,8,13,16H,3-4,7,9-11H2,1-2H3;1H. The van der Waals surface area contributed by atoms with Gasteiger partial charge in [-0.15, -0.1) is 12.4 Å². The molecule has 1 aliphatic heterocycles. The molecule has 0 aromatic heterocycles. The fourth-order valence-corrected chi connectivity index (χ4v) is 2.98. The van der Waals surface area contributed by atoms with Gasteiger partial charge in [0.05, 0.1) is 12.0 Å². The van der Waals surface area contributed by atoms with E-state index in [0.29, 0.717) is 11.7 Å². The molecule has 0 aliphatic carbocycles. The van der Waals surface area contributed by atoms with Gasteiger partial charge in [0.2, 0.25) is 0 Å². The van der Waals surface area contributed by atoms with Crippen LogP contribution in [0.25, 0.3) is 0 Å². The summed E-state index contributed by atoms with van der Waals surface area (Å²) in [5.41, 5.74) is 1.01. The number of nitrogens with zero attached hydrogens (tertiary/aromatic N) is 2. The number of halogens is 1. The second kappa shape index (κ2) is 8.92. The Bertz CT molecular complexity index is 497. The van der Waals surface area contributed by atoms with E-state index in [0.717, 1.165) is 31.7 Å². The van der Waals surface area contributed by atoms with Crippen LogP contribution in [0.15, 0.2) is 18.2 Å². The van der Waals surface area contributed by atoms with Gasteiger partial charge in [0, 0.05) is 19.2 Å². The summed E-state index contributed by atoms with van der Waals surface area (Å²) in [6.45, 7) is 3.88. The summed E-state index contributed by atoms with van der Waals surface area (Å²) < 4.78 is 5.04. The molecule has 7 heteroatoms. The number of nitro groups is 1. The van der Waals surface area contributed by atoms with E-state index in [1.54, 1.807) is 12.1 Å². The Morgan fingerprint density at radius 3 is 2.91 bits per heavy atom. The van der Waals surface area contributed by atoms with Gasteiger partial charge >= 0.3 is 5.69 Å². The SMILES string of the molecule is CNCC1CCCN(Cc2ccc(OC)c([N+](=O)[O-])c2)C1.Cl. The van der Waals surface area contributed by atoms with Crippen molar-refractivity contribution in [1.82, 2.24) is 10.2 Å². The van der Waals surface area contributed by atoms with Crippen molar-refractivity contribution in [2.45, 2.75) is 19.4 Å². The largest absolute Gasteiger partial charge is 0.490 e. The molecule has 0 amide bonds. The first kappa shape index (κ1) is 18.7. The normalized spacial score (nSPS) is 18.5. The molecule has 2 rings (SSSR count). The lowest BCUT2D eigenvalue weighted by molar-refractivity contribution is -0.385. The molecule has 124 valence electrons. The van der Waals surface area contributed by atoms with Crippen LogP contribution in [-0.4, -0.2) is 43.6 Å². The highest BCUT2D eigenvalue weighted by Gasteiger charge is 2.21. The summed E-state index contributed by atoms with van der Waals surface area (Å²) >= 11 is 0. The Kier molecular flexibility index (Phi) is 7.58. The van der Waals surface area contributed by atoms with Crippen LogP contribution in [0.1, 0.15) is 18.4 Å². The Labute approximate surface area is 137 Å². The molecule has 0 bridgehead atoms. The maximum atomic E-state index is 11.1. The number of ether oxygens (including phenoxy) is 1. The Morgan fingerprint density at radius 1 is 1.50 bits per heavy atom. The van der Waals surface area contributed by atoms with Crippen molar-refractivity contribution in [3.63, 3.8) is 0 Å². The number of rotatable bonds is 6. The van der Waals surface area contributed by atoms with Crippen molar-refractivity contribution in [3.05, 3.63) is 33.9 Å². The third-order valence-electron chi connectivity index (χ3n) is 3.94. The molecule has 0 saturated carbocycles. The second-order valence-electron chi connectivity index (χ2n) is 5.56. The molecule has 0 radical (unpaired) electrons. The van der Waals surface area contributed by atoms with Gasteiger partial charge in [-0.05, 0) is 50.5 Å². The molecule has 1 N–H and O–H groups in total. The number of benzene rings is 1. The molecule has 1 aromatic carbocycles. The minimum absolute atomic E-state index is 0. The van der Waals surface area contributed by atoms with E-state index in [1.807, 2.05) is 13.1 Å². The van der Waals surface area contributed by atoms with Crippen molar-refractivity contribution in [2.75, 3.05) is 33.8 Å². The first-order valence-corrected chi connectivity index (χ1v) is 7.32. The molecule has 1 heterocycles. The third kappa shape index (κ3) is 4.83. The highest BCUT2D eigenvalue weighted by molar-refractivity contribution is 5.85. The van der Waals surface area contributed by atoms with Gasteiger partial charge in [-0.2, -0.15) is 0 Å². The third-order valence-corrected chi connectivity index (χ3v) is 3.94. The van der Waals surface area contributed by atoms with Gasteiger partial charge in [0.15, 0.2) is 5.75 Å². The van der Waals surface area contributed by atoms with Crippen LogP contribution < -0.4 is 10.1 Å². The lowest BCUT2D eigenvalue weighted by Crippen LogP contribution is -2.38. The van der Waals surface area contributed by atoms with Crippen LogP contribution in [0, 0.1) is 16.0 Å². The van der Waals surface area contributed by atoms with Crippen molar-refractivity contribution >= 4 is 18.1 Å². The predicted octanol–water partition coefficient (Wildman–Crippen LogP) is 2.46. The number of hydrogen-bond donors (Lipinski definition) is 1. The van der Waals surface area contributed by atoms with Gasteiger partial charge < -0.3 is 10.1 Å². The minimum atomic E-state index is -0.387. The van der Waals surface area contributed by atoms with Gasteiger partial charge in [-0.1, -0.05) is 6.07 Å². The topological polar surface area (TPSA) is 67.6 Å². The second-order valence-corrected chi connectivity index (χ2v) is 5.56. The van der Waals surface area contributed by atoms with Crippen LogP contribution in [0.4, 0.5) is 5.69 Å². The van der Waals surface area contributed by atoms with Crippen LogP contribution in [0.5, 0.6) is 5.75 Å². The minimum Gasteiger partial charge on any atom is -0.490 e. The quantitative estimate of drug-likeness (QED) is 0.641.